The molecule has 4 heterocycles. The maximum absolute atomic E-state index is 16.1. The standard InChI is InChI=1S/C32H31F3N6O2/c1-7-21-9-8-10-23(34)25(21)27-24(35)15-22-29(40-14-13-39(16-19(40)5)31(42)20(6)33)38-32(43)41(30(22)37-27)28-18(4)11-12-36-26(28)17(2)3/h7-12,15,17,19H,1,6,13-14,16H2,2-5H3/t19-/m0/s1/i4D3. The van der Waals surface area contributed by atoms with Gasteiger partial charge in [-0.1, -0.05) is 45.2 Å². The smallest absolute Gasteiger partial charge is 0.350 e. The number of carbonyl (C=O) groups excluding carboxylic acids is 1. The minimum Gasteiger partial charge on any atom is -0.350 e. The van der Waals surface area contributed by atoms with Gasteiger partial charge in [-0.05, 0) is 49.0 Å². The second kappa shape index (κ2) is 11.5. The van der Waals surface area contributed by atoms with E-state index in [2.05, 4.69) is 28.1 Å². The third-order valence-corrected chi connectivity index (χ3v) is 7.45. The number of benzene rings is 1. The number of hydrogen-bond donors (Lipinski definition) is 0. The molecule has 0 saturated carbocycles. The Labute approximate surface area is 251 Å². The first-order valence-corrected chi connectivity index (χ1v) is 13.6. The van der Waals surface area contributed by atoms with E-state index in [9.17, 15) is 14.0 Å². The molecule has 43 heavy (non-hydrogen) atoms. The van der Waals surface area contributed by atoms with E-state index >= 15 is 8.78 Å². The molecule has 8 nitrogen and oxygen atoms in total. The van der Waals surface area contributed by atoms with Crippen molar-refractivity contribution in [2.75, 3.05) is 24.5 Å². The summed E-state index contributed by atoms with van der Waals surface area (Å²) in [7, 11) is 0. The van der Waals surface area contributed by atoms with E-state index in [1.807, 2.05) is 0 Å². The van der Waals surface area contributed by atoms with Crippen molar-refractivity contribution in [1.29, 1.82) is 0 Å². The van der Waals surface area contributed by atoms with Gasteiger partial charge in [-0.25, -0.2) is 27.5 Å². The summed E-state index contributed by atoms with van der Waals surface area (Å²) in [6.45, 7) is 9.52. The summed E-state index contributed by atoms with van der Waals surface area (Å²) in [6, 6.07) is 5.92. The SMILES string of the molecule is [2H]C([2H])([2H])c1ccnc(C(C)C)c1-n1c(=O)nc(N2CCN(C(=O)C(=C)F)C[C@@H]2C)c2cc(F)c(-c3c(F)cccc3C=C)nc21. The quantitative estimate of drug-likeness (QED) is 0.267. The summed E-state index contributed by atoms with van der Waals surface area (Å²) in [4.78, 5) is 42.5. The van der Waals surface area contributed by atoms with Crippen molar-refractivity contribution in [1.82, 2.24) is 24.4 Å². The second-order valence-electron chi connectivity index (χ2n) is 10.6. The summed E-state index contributed by atoms with van der Waals surface area (Å²) in [5, 5.41) is 0.0221. The fourth-order valence-electron chi connectivity index (χ4n) is 5.42. The van der Waals surface area contributed by atoms with Crippen LogP contribution in [0.15, 0.2) is 60.3 Å². The number of anilines is 1. The molecule has 5 rings (SSSR count). The van der Waals surface area contributed by atoms with Crippen molar-refractivity contribution in [2.45, 2.75) is 39.6 Å². The van der Waals surface area contributed by atoms with E-state index < -0.39 is 47.6 Å². The van der Waals surface area contributed by atoms with Gasteiger partial charge in [-0.15, -0.1) is 0 Å². The number of fused-ring (bicyclic) bond motifs is 1. The van der Waals surface area contributed by atoms with Gasteiger partial charge in [0.2, 0.25) is 0 Å². The Morgan fingerprint density at radius 1 is 1.19 bits per heavy atom. The number of hydrogen-bond acceptors (Lipinski definition) is 6. The molecule has 1 atom stereocenters. The highest BCUT2D eigenvalue weighted by Gasteiger charge is 2.32. The first-order valence-electron chi connectivity index (χ1n) is 15.1. The largest absolute Gasteiger partial charge is 0.355 e. The Bertz CT molecular complexity index is 1960. The molecule has 1 saturated heterocycles. The lowest BCUT2D eigenvalue weighted by Crippen LogP contribution is -2.54. The lowest BCUT2D eigenvalue weighted by molar-refractivity contribution is -0.129. The first kappa shape index (κ1) is 25.9. The maximum Gasteiger partial charge on any atom is 0.355 e. The van der Waals surface area contributed by atoms with Gasteiger partial charge in [0.15, 0.2) is 17.3 Å². The number of pyridine rings is 2. The summed E-state index contributed by atoms with van der Waals surface area (Å²) in [6.07, 6.45) is 2.67. The highest BCUT2D eigenvalue weighted by atomic mass is 19.1. The molecule has 0 aliphatic carbocycles. The van der Waals surface area contributed by atoms with Gasteiger partial charge in [-0.3, -0.25) is 9.78 Å². The molecule has 11 heteroatoms. The second-order valence-corrected chi connectivity index (χ2v) is 10.6. The number of nitrogens with zero attached hydrogens (tertiary/aromatic N) is 6. The van der Waals surface area contributed by atoms with Gasteiger partial charge in [0.1, 0.15) is 17.3 Å². The summed E-state index contributed by atoms with van der Waals surface area (Å²) >= 11 is 0. The molecule has 3 aromatic heterocycles. The Morgan fingerprint density at radius 2 is 1.95 bits per heavy atom. The molecule has 222 valence electrons. The molecule has 0 unspecified atom stereocenters. The number of rotatable bonds is 6. The Morgan fingerprint density at radius 3 is 2.60 bits per heavy atom. The zero-order chi connectivity index (χ0) is 33.7. The van der Waals surface area contributed by atoms with E-state index in [0.717, 1.165) is 16.7 Å². The molecule has 1 aromatic carbocycles. The van der Waals surface area contributed by atoms with Crippen LogP contribution in [0.25, 0.3) is 34.1 Å². The van der Waals surface area contributed by atoms with Crippen molar-refractivity contribution in [3.8, 4) is 16.9 Å². The van der Waals surface area contributed by atoms with Crippen molar-refractivity contribution in [2.24, 2.45) is 0 Å². The number of aromatic nitrogens is 4. The number of aryl methyl sites for hydroxylation is 1. The zero-order valence-electron chi connectivity index (χ0n) is 26.9. The minimum atomic E-state index is -2.70. The fraction of sp³-hybridized carbons (Fsp3) is 0.281. The molecule has 0 spiro atoms. The van der Waals surface area contributed by atoms with E-state index in [1.54, 1.807) is 25.7 Å². The number of piperazine rings is 1. The first-order chi connectivity index (χ1) is 21.6. The van der Waals surface area contributed by atoms with Crippen LogP contribution in [0, 0.1) is 18.5 Å². The molecule has 0 bridgehead atoms. The van der Waals surface area contributed by atoms with Crippen molar-refractivity contribution in [3.63, 3.8) is 0 Å². The van der Waals surface area contributed by atoms with E-state index in [1.165, 1.54) is 35.4 Å². The average molecular weight is 592 g/mol. The minimum absolute atomic E-state index is 0.00997. The van der Waals surface area contributed by atoms with Crippen LogP contribution in [-0.2, 0) is 4.79 Å². The summed E-state index contributed by atoms with van der Waals surface area (Å²) < 4.78 is 70.7. The third-order valence-electron chi connectivity index (χ3n) is 7.45. The van der Waals surface area contributed by atoms with Crippen molar-refractivity contribution >= 4 is 28.8 Å². The molecular weight excluding hydrogens is 557 g/mol. The zero-order valence-corrected chi connectivity index (χ0v) is 23.9. The molecule has 0 radical (unpaired) electrons. The lowest BCUT2D eigenvalue weighted by atomic mass is 10.0. The van der Waals surface area contributed by atoms with Crippen molar-refractivity contribution in [3.05, 3.63) is 94.5 Å². The Kier molecular flexibility index (Phi) is 6.90. The number of carbonyl (C=O) groups is 1. The third kappa shape index (κ3) is 5.19. The molecule has 1 aliphatic rings. The lowest BCUT2D eigenvalue weighted by Gasteiger charge is -2.40. The number of amides is 1. The van der Waals surface area contributed by atoms with Crippen molar-refractivity contribution < 1.29 is 22.1 Å². The van der Waals surface area contributed by atoms with Crippen LogP contribution in [0.3, 0.4) is 0 Å². The van der Waals surface area contributed by atoms with Gasteiger partial charge in [-0.2, -0.15) is 4.98 Å². The molecule has 0 N–H and O–H groups in total. The summed E-state index contributed by atoms with van der Waals surface area (Å²) in [5.41, 5.74) is -1.55. The predicted molar refractivity (Wildman–Crippen MR) is 161 cm³/mol. The van der Waals surface area contributed by atoms with Crippen LogP contribution in [0.4, 0.5) is 19.0 Å². The summed E-state index contributed by atoms with van der Waals surface area (Å²) in [5.74, 6) is -4.06. The molecule has 1 aliphatic heterocycles. The van der Waals surface area contributed by atoms with Gasteiger partial charge >= 0.3 is 5.69 Å². The highest BCUT2D eigenvalue weighted by Crippen LogP contribution is 2.35. The molecule has 1 fully saturated rings. The van der Waals surface area contributed by atoms with Gasteiger partial charge in [0.25, 0.3) is 5.91 Å². The van der Waals surface area contributed by atoms with Crippen LogP contribution in [-0.4, -0.2) is 56.0 Å². The Hall–Kier alpha value is -4.80. The van der Waals surface area contributed by atoms with E-state index in [0.29, 0.717) is 0 Å². The maximum atomic E-state index is 16.1. The van der Waals surface area contributed by atoms with Gasteiger partial charge < -0.3 is 9.80 Å². The molecule has 1 amide bonds. The van der Waals surface area contributed by atoms with E-state index in [4.69, 9.17) is 4.11 Å². The Balaban J connectivity index is 1.88. The highest BCUT2D eigenvalue weighted by molar-refractivity contribution is 5.92. The van der Waals surface area contributed by atoms with E-state index in [-0.39, 0.29) is 70.5 Å². The fourth-order valence-corrected chi connectivity index (χ4v) is 5.42. The van der Waals surface area contributed by atoms with Crippen LogP contribution in [0.2, 0.25) is 0 Å². The van der Waals surface area contributed by atoms with Gasteiger partial charge in [0, 0.05) is 41.5 Å². The van der Waals surface area contributed by atoms with Crippen LogP contribution in [0.5, 0.6) is 0 Å². The monoisotopic (exact) mass is 591 g/mol. The normalized spacial score (nSPS) is 16.6. The van der Waals surface area contributed by atoms with Crippen LogP contribution < -0.4 is 10.6 Å². The van der Waals surface area contributed by atoms with Gasteiger partial charge in [0.05, 0.1) is 16.8 Å². The molecule has 4 aromatic rings. The van der Waals surface area contributed by atoms with Crippen LogP contribution >= 0.6 is 0 Å². The average Bonchev–Trinajstić information content (AvgIpc) is 2.99. The predicted octanol–water partition coefficient (Wildman–Crippen LogP) is 5.72. The number of halogens is 3. The molecular formula is C32H31F3N6O2. The van der Waals surface area contributed by atoms with Crippen LogP contribution in [0.1, 0.15) is 47.6 Å². The topological polar surface area (TPSA) is 84.2 Å².